The standard InChI is InChI=1S/C7H9FN2S/c8-6-1-10(2-6)3-7-4-11-5-9-7/h4-6H,1-3H2. The Bertz CT molecular complexity index is 218. The maximum Gasteiger partial charge on any atom is 0.125 e. The van der Waals surface area contributed by atoms with Gasteiger partial charge < -0.3 is 0 Å². The van der Waals surface area contributed by atoms with Crippen LogP contribution in [0.25, 0.3) is 0 Å². The molecule has 2 heterocycles. The van der Waals surface area contributed by atoms with Gasteiger partial charge in [0.15, 0.2) is 0 Å². The molecular formula is C7H9FN2S. The van der Waals surface area contributed by atoms with E-state index in [0.29, 0.717) is 13.1 Å². The van der Waals surface area contributed by atoms with E-state index in [-0.39, 0.29) is 0 Å². The smallest absolute Gasteiger partial charge is 0.125 e. The van der Waals surface area contributed by atoms with Gasteiger partial charge >= 0.3 is 0 Å². The Hall–Kier alpha value is -0.480. The van der Waals surface area contributed by atoms with Gasteiger partial charge in [-0.25, -0.2) is 9.37 Å². The second-order valence-corrected chi connectivity index (χ2v) is 3.49. The van der Waals surface area contributed by atoms with Gasteiger partial charge in [0.25, 0.3) is 0 Å². The number of halogens is 1. The van der Waals surface area contributed by atoms with Gasteiger partial charge in [0, 0.05) is 25.0 Å². The molecule has 2 nitrogen and oxygen atoms in total. The maximum absolute atomic E-state index is 12.3. The number of hydrogen-bond donors (Lipinski definition) is 0. The number of aromatic nitrogens is 1. The Kier molecular flexibility index (Phi) is 1.87. The largest absolute Gasteiger partial charge is 0.292 e. The van der Waals surface area contributed by atoms with Crippen molar-refractivity contribution in [3.63, 3.8) is 0 Å². The summed E-state index contributed by atoms with van der Waals surface area (Å²) in [7, 11) is 0. The van der Waals surface area contributed by atoms with Gasteiger partial charge in [0.1, 0.15) is 6.17 Å². The summed E-state index contributed by atoms with van der Waals surface area (Å²) in [6.07, 6.45) is -0.603. The highest BCUT2D eigenvalue weighted by Crippen LogP contribution is 2.14. The first-order chi connectivity index (χ1) is 5.34. The Morgan fingerprint density at radius 3 is 3.09 bits per heavy atom. The minimum Gasteiger partial charge on any atom is -0.292 e. The lowest BCUT2D eigenvalue weighted by molar-refractivity contribution is 0.0582. The van der Waals surface area contributed by atoms with Crippen molar-refractivity contribution in [2.45, 2.75) is 12.7 Å². The van der Waals surface area contributed by atoms with Crippen LogP contribution in [-0.4, -0.2) is 29.1 Å². The Morgan fingerprint density at radius 1 is 1.73 bits per heavy atom. The summed E-state index contributed by atoms with van der Waals surface area (Å²) >= 11 is 1.59. The van der Waals surface area contributed by atoms with Crippen LogP contribution in [0.5, 0.6) is 0 Å². The molecule has 1 aromatic rings. The van der Waals surface area contributed by atoms with E-state index in [1.54, 1.807) is 11.3 Å². The molecule has 0 aliphatic carbocycles. The first kappa shape index (κ1) is 7.18. The van der Waals surface area contributed by atoms with E-state index >= 15 is 0 Å². The number of rotatable bonds is 2. The zero-order chi connectivity index (χ0) is 7.68. The predicted octanol–water partition coefficient (Wildman–Crippen LogP) is 1.30. The van der Waals surface area contributed by atoms with Gasteiger partial charge in [0.2, 0.25) is 0 Å². The zero-order valence-electron chi connectivity index (χ0n) is 6.03. The van der Waals surface area contributed by atoms with Gasteiger partial charge in [0.05, 0.1) is 11.2 Å². The zero-order valence-corrected chi connectivity index (χ0v) is 6.85. The molecule has 0 unspecified atom stereocenters. The highest BCUT2D eigenvalue weighted by atomic mass is 32.1. The minimum absolute atomic E-state index is 0.581. The Morgan fingerprint density at radius 2 is 2.55 bits per heavy atom. The predicted molar refractivity (Wildman–Crippen MR) is 42.3 cm³/mol. The van der Waals surface area contributed by atoms with Crippen molar-refractivity contribution in [1.82, 2.24) is 9.88 Å². The van der Waals surface area contributed by atoms with Gasteiger partial charge in [-0.1, -0.05) is 0 Å². The van der Waals surface area contributed by atoms with Gasteiger partial charge in [-0.3, -0.25) is 4.90 Å². The third-order valence-electron chi connectivity index (χ3n) is 1.78. The molecule has 2 rings (SSSR count). The van der Waals surface area contributed by atoms with E-state index < -0.39 is 6.17 Å². The van der Waals surface area contributed by atoms with Crippen LogP contribution in [0.1, 0.15) is 5.69 Å². The topological polar surface area (TPSA) is 16.1 Å². The third-order valence-corrected chi connectivity index (χ3v) is 2.42. The molecule has 60 valence electrons. The van der Waals surface area contributed by atoms with Gasteiger partial charge in [-0.15, -0.1) is 11.3 Å². The molecule has 0 spiro atoms. The lowest BCUT2D eigenvalue weighted by atomic mass is 10.2. The summed E-state index contributed by atoms with van der Waals surface area (Å²) in [6.45, 7) is 1.97. The second kappa shape index (κ2) is 2.87. The normalized spacial score (nSPS) is 20.1. The van der Waals surface area contributed by atoms with E-state index in [1.807, 2.05) is 10.9 Å². The summed E-state index contributed by atoms with van der Waals surface area (Å²) in [5.74, 6) is 0. The number of hydrogen-bond acceptors (Lipinski definition) is 3. The van der Waals surface area contributed by atoms with Crippen LogP contribution in [-0.2, 0) is 6.54 Å². The minimum atomic E-state index is -0.603. The SMILES string of the molecule is FC1CN(Cc2cscn2)C1. The monoisotopic (exact) mass is 172 g/mol. The van der Waals surface area contributed by atoms with Crippen LogP contribution in [0.15, 0.2) is 10.9 Å². The lowest BCUT2D eigenvalue weighted by Crippen LogP contribution is -2.47. The molecule has 0 atom stereocenters. The second-order valence-electron chi connectivity index (χ2n) is 2.77. The molecule has 4 heteroatoms. The van der Waals surface area contributed by atoms with Gasteiger partial charge in [-0.2, -0.15) is 0 Å². The van der Waals surface area contributed by atoms with E-state index in [9.17, 15) is 4.39 Å². The van der Waals surface area contributed by atoms with Crippen molar-refractivity contribution in [2.75, 3.05) is 13.1 Å². The quantitative estimate of drug-likeness (QED) is 0.668. The molecule has 0 saturated carbocycles. The van der Waals surface area contributed by atoms with Crippen LogP contribution in [0.4, 0.5) is 4.39 Å². The van der Waals surface area contributed by atoms with Crippen LogP contribution in [0.3, 0.4) is 0 Å². The summed E-state index contributed by atoms with van der Waals surface area (Å²) in [5, 5.41) is 2.01. The number of alkyl halides is 1. The first-order valence-electron chi connectivity index (χ1n) is 3.58. The summed E-state index contributed by atoms with van der Waals surface area (Å²) in [6, 6.07) is 0. The number of thiazole rings is 1. The summed E-state index contributed by atoms with van der Waals surface area (Å²) < 4.78 is 12.3. The molecule has 0 amide bonds. The molecule has 1 aliphatic heterocycles. The average Bonchev–Trinajstić information content (AvgIpc) is 2.36. The molecule has 11 heavy (non-hydrogen) atoms. The average molecular weight is 172 g/mol. The molecular weight excluding hydrogens is 163 g/mol. The maximum atomic E-state index is 12.3. The fraction of sp³-hybridized carbons (Fsp3) is 0.571. The number of likely N-dealkylation sites (tertiary alicyclic amines) is 1. The molecule has 0 radical (unpaired) electrons. The Labute approximate surface area is 68.7 Å². The van der Waals surface area contributed by atoms with E-state index in [4.69, 9.17) is 0 Å². The summed E-state index contributed by atoms with van der Waals surface area (Å²) in [4.78, 5) is 6.17. The van der Waals surface area contributed by atoms with E-state index in [1.165, 1.54) is 0 Å². The van der Waals surface area contributed by atoms with Crippen LogP contribution < -0.4 is 0 Å². The molecule has 1 fully saturated rings. The highest BCUT2D eigenvalue weighted by Gasteiger charge is 2.25. The van der Waals surface area contributed by atoms with Crippen molar-refractivity contribution < 1.29 is 4.39 Å². The molecule has 1 aliphatic rings. The van der Waals surface area contributed by atoms with Crippen molar-refractivity contribution in [2.24, 2.45) is 0 Å². The Balaban J connectivity index is 1.84. The van der Waals surface area contributed by atoms with Crippen molar-refractivity contribution >= 4 is 11.3 Å². The first-order valence-corrected chi connectivity index (χ1v) is 4.52. The fourth-order valence-electron chi connectivity index (χ4n) is 1.18. The van der Waals surface area contributed by atoms with Gasteiger partial charge in [-0.05, 0) is 0 Å². The van der Waals surface area contributed by atoms with E-state index in [0.717, 1.165) is 12.2 Å². The molecule has 0 bridgehead atoms. The fourth-order valence-corrected chi connectivity index (χ4v) is 1.73. The molecule has 0 N–H and O–H groups in total. The number of nitrogens with zero attached hydrogens (tertiary/aromatic N) is 2. The summed E-state index contributed by atoms with van der Waals surface area (Å²) in [5.41, 5.74) is 2.86. The van der Waals surface area contributed by atoms with Crippen molar-refractivity contribution in [3.8, 4) is 0 Å². The van der Waals surface area contributed by atoms with Crippen LogP contribution >= 0.6 is 11.3 Å². The van der Waals surface area contributed by atoms with E-state index in [2.05, 4.69) is 9.88 Å². The van der Waals surface area contributed by atoms with Crippen LogP contribution in [0, 0.1) is 0 Å². The third kappa shape index (κ3) is 1.57. The lowest BCUT2D eigenvalue weighted by Gasteiger charge is -2.33. The molecule has 1 aromatic heterocycles. The van der Waals surface area contributed by atoms with Crippen molar-refractivity contribution in [3.05, 3.63) is 16.6 Å². The van der Waals surface area contributed by atoms with Crippen LogP contribution in [0.2, 0.25) is 0 Å². The molecule has 0 aromatic carbocycles. The molecule has 1 saturated heterocycles. The van der Waals surface area contributed by atoms with Crippen molar-refractivity contribution in [1.29, 1.82) is 0 Å². The highest BCUT2D eigenvalue weighted by molar-refractivity contribution is 7.07.